The Morgan fingerprint density at radius 3 is 2.71 bits per heavy atom. The van der Waals surface area contributed by atoms with Crippen LogP contribution in [0, 0.1) is 10.8 Å². The molecule has 1 amide bonds. The highest BCUT2D eigenvalue weighted by Gasteiger charge is 2.43. The minimum atomic E-state index is -4.17. The number of fused-ring (bicyclic) bond motifs is 1. The molecule has 0 aromatic carbocycles. The molecule has 1 aliphatic rings. The molecule has 2 rings (SSSR count). The summed E-state index contributed by atoms with van der Waals surface area (Å²) < 4.78 is 61.2. The van der Waals surface area contributed by atoms with Gasteiger partial charge in [-0.15, -0.1) is 16.2 Å². The Morgan fingerprint density at radius 2 is 2.12 bits per heavy atom. The minimum Gasteiger partial charge on any atom is -0.449 e. The van der Waals surface area contributed by atoms with Crippen molar-refractivity contribution in [2.75, 3.05) is 46.6 Å². The molecule has 1 aromatic heterocycles. The molecule has 0 fully saturated rings. The van der Waals surface area contributed by atoms with Crippen molar-refractivity contribution < 1.29 is 41.0 Å². The normalized spacial score (nSPS) is 18.6. The number of rotatable bonds is 13. The van der Waals surface area contributed by atoms with Gasteiger partial charge in [-0.2, -0.15) is 14.2 Å². The van der Waals surface area contributed by atoms with Crippen molar-refractivity contribution in [3.63, 3.8) is 0 Å². The molecule has 1 aromatic rings. The molecule has 17 heteroatoms. The molecule has 1 unspecified atom stereocenters. The van der Waals surface area contributed by atoms with E-state index in [1.54, 1.807) is 13.8 Å². The zero-order chi connectivity index (χ0) is 25.5. The minimum absolute atomic E-state index is 0.0630. The van der Waals surface area contributed by atoms with Crippen molar-refractivity contribution in [3.8, 4) is 0 Å². The number of nitrogens with zero attached hydrogens (tertiary/aromatic N) is 3. The van der Waals surface area contributed by atoms with Gasteiger partial charge in [-0.3, -0.25) is 0 Å². The van der Waals surface area contributed by atoms with Gasteiger partial charge in [0.25, 0.3) is 10.0 Å². The maximum absolute atomic E-state index is 13.2. The van der Waals surface area contributed by atoms with Crippen LogP contribution in [-0.4, -0.2) is 78.7 Å². The fourth-order valence-corrected chi connectivity index (χ4v) is 7.59. The van der Waals surface area contributed by atoms with E-state index >= 15 is 0 Å². The molecule has 0 bridgehead atoms. The van der Waals surface area contributed by atoms with Crippen LogP contribution in [0.15, 0.2) is 19.8 Å². The Labute approximate surface area is 201 Å². The van der Waals surface area contributed by atoms with Gasteiger partial charge in [-0.25, -0.2) is 26.8 Å². The van der Waals surface area contributed by atoms with E-state index in [9.17, 15) is 26.5 Å². The summed E-state index contributed by atoms with van der Waals surface area (Å²) in [6, 6.07) is 0.389. The summed E-state index contributed by atoms with van der Waals surface area (Å²) in [6.07, 6.45) is -0.337. The quantitative estimate of drug-likeness (QED) is 0.164. The van der Waals surface area contributed by atoms with E-state index in [-0.39, 0.29) is 52.7 Å². The topological polar surface area (TPSA) is 184 Å². The predicted octanol–water partition coefficient (Wildman–Crippen LogP) is 1.20. The van der Waals surface area contributed by atoms with Gasteiger partial charge >= 0.3 is 6.09 Å². The number of carbonyl (C=O) groups excluding carboxylic acids is 1. The maximum atomic E-state index is 13.2. The Balaban J connectivity index is 2.34. The average Bonchev–Trinajstić information content (AvgIpc) is 3.23. The molecule has 0 saturated heterocycles. The molecule has 1 aliphatic heterocycles. The van der Waals surface area contributed by atoms with Crippen LogP contribution < -0.4 is 5.14 Å². The second kappa shape index (κ2) is 12.2. The third-order valence-electron chi connectivity index (χ3n) is 4.93. The van der Waals surface area contributed by atoms with Gasteiger partial charge in [0, 0.05) is 44.8 Å². The molecule has 0 aliphatic carbocycles. The van der Waals surface area contributed by atoms with Crippen LogP contribution in [0.25, 0.3) is 0 Å². The lowest BCUT2D eigenvalue weighted by Crippen LogP contribution is -2.47. The fraction of sp³-hybridized carbons (Fsp3) is 0.706. The third-order valence-corrected chi connectivity index (χ3v) is 9.89. The monoisotopic (exact) mass is 544 g/mol. The summed E-state index contributed by atoms with van der Waals surface area (Å²) in [5, 5.41) is 7.33. The lowest BCUT2D eigenvalue weighted by Gasteiger charge is -2.37. The van der Waals surface area contributed by atoms with E-state index in [1.165, 1.54) is 22.4 Å². The number of hydrogen-bond donors (Lipinski definition) is 1. The molecule has 2 heterocycles. The molecule has 0 spiro atoms. The highest BCUT2D eigenvalue weighted by atomic mass is 32.3. The van der Waals surface area contributed by atoms with Crippen LogP contribution in [0.5, 0.6) is 0 Å². The molecular weight excluding hydrogens is 516 g/mol. The molecule has 34 heavy (non-hydrogen) atoms. The number of ether oxygens (including phenoxy) is 2. The van der Waals surface area contributed by atoms with E-state index < -0.39 is 32.2 Å². The smallest absolute Gasteiger partial charge is 0.410 e. The van der Waals surface area contributed by atoms with Crippen LogP contribution in [0.2, 0.25) is 0 Å². The van der Waals surface area contributed by atoms with Crippen molar-refractivity contribution in [1.29, 1.82) is 0 Å². The Hall–Kier alpha value is -1.89. The predicted molar refractivity (Wildman–Crippen MR) is 119 cm³/mol. The van der Waals surface area contributed by atoms with Crippen LogP contribution in [0.4, 0.5) is 4.79 Å². The van der Waals surface area contributed by atoms with E-state index in [1.807, 2.05) is 0 Å². The van der Waals surface area contributed by atoms with E-state index in [4.69, 9.17) is 14.6 Å². The molecule has 2 atom stereocenters. The second-order valence-electron chi connectivity index (χ2n) is 7.48. The lowest BCUT2D eigenvalue weighted by atomic mass is 10.1. The number of methoxy groups -OCH3 is 1. The first-order valence-corrected chi connectivity index (χ1v) is 14.0. The van der Waals surface area contributed by atoms with Crippen LogP contribution in [0.3, 0.4) is 0 Å². The largest absolute Gasteiger partial charge is 0.449 e. The molecule has 194 valence electrons. The maximum Gasteiger partial charge on any atom is 0.410 e. The van der Waals surface area contributed by atoms with Gasteiger partial charge in [0.2, 0.25) is 10.0 Å². The summed E-state index contributed by atoms with van der Waals surface area (Å²) in [7, 11) is -6.69. The van der Waals surface area contributed by atoms with Crippen molar-refractivity contribution >= 4 is 37.5 Å². The number of thiophene rings is 1. The molecule has 0 saturated carbocycles. The van der Waals surface area contributed by atoms with Crippen molar-refractivity contribution in [2.45, 2.75) is 34.7 Å². The summed E-state index contributed by atoms with van der Waals surface area (Å²) in [5.74, 6) is -0.340. The number of likely N-dealkylation sites (N-methyl/N-ethyl adjacent to an activating group) is 1. The molecule has 0 radical (unpaired) electrons. The highest BCUT2D eigenvalue weighted by Crippen LogP contribution is 2.42. The van der Waals surface area contributed by atoms with Crippen molar-refractivity contribution in [1.82, 2.24) is 9.21 Å². The summed E-state index contributed by atoms with van der Waals surface area (Å²) >= 11 is 0.548. The van der Waals surface area contributed by atoms with Gasteiger partial charge in [0.15, 0.2) is 5.34 Å². The number of nitrogens with two attached hydrogens (primary N) is 1. The number of carbonyl (C=O) groups is 1. The first-order chi connectivity index (χ1) is 16.0. The fourth-order valence-electron chi connectivity index (χ4n) is 3.30. The van der Waals surface area contributed by atoms with Crippen LogP contribution in [-0.2, 0) is 39.4 Å². The second-order valence-corrected chi connectivity index (χ2v) is 12.5. The van der Waals surface area contributed by atoms with E-state index in [2.05, 4.69) is 15.2 Å². The SMILES string of the molecule is CCN(C(=O)OCC(C)COON=O)[C@H]1CN(CCCOC)S(=O)(=O)c2sc(S(N)(=O)=O)cc21. The summed E-state index contributed by atoms with van der Waals surface area (Å²) in [4.78, 5) is 32.5. The molecule has 2 N–H and O–H groups in total. The number of primary sulfonamides is 1. The van der Waals surface area contributed by atoms with Crippen molar-refractivity contribution in [3.05, 3.63) is 16.5 Å². The first kappa shape index (κ1) is 28.3. The van der Waals surface area contributed by atoms with Gasteiger partial charge in [0.1, 0.15) is 15.0 Å². The number of sulfonamides is 2. The summed E-state index contributed by atoms with van der Waals surface area (Å²) in [5.41, 5.74) is 0.164. The number of hydrogen-bond acceptors (Lipinski definition) is 12. The van der Waals surface area contributed by atoms with Gasteiger partial charge in [-0.05, 0) is 19.4 Å². The number of amides is 1. The molecular formula is C17H28N4O10S3. The van der Waals surface area contributed by atoms with Crippen molar-refractivity contribution in [2.24, 2.45) is 16.4 Å². The van der Waals surface area contributed by atoms with Crippen LogP contribution >= 0.6 is 11.3 Å². The zero-order valence-electron chi connectivity index (χ0n) is 18.9. The Morgan fingerprint density at radius 1 is 1.41 bits per heavy atom. The van der Waals surface area contributed by atoms with Crippen LogP contribution in [0.1, 0.15) is 31.9 Å². The first-order valence-electron chi connectivity index (χ1n) is 10.2. The third kappa shape index (κ3) is 6.83. The average molecular weight is 545 g/mol. The van der Waals surface area contributed by atoms with E-state index in [0.717, 1.165) is 0 Å². The zero-order valence-corrected chi connectivity index (χ0v) is 21.4. The molecule has 14 nitrogen and oxygen atoms in total. The van der Waals surface area contributed by atoms with Gasteiger partial charge in [-0.1, -0.05) is 6.92 Å². The standard InChI is InChI=1S/C17H28N4O10S3/c1-4-21(17(22)29-10-12(2)11-30-31-19-23)14-9-20(6-5-7-28-3)34(26,27)16-13(14)8-15(32-16)33(18,24)25/h8,12,14H,4-7,9-11H2,1-3H3,(H2,18,24,25)/t12?,14-/m0/s1. The lowest BCUT2D eigenvalue weighted by molar-refractivity contribution is -0.304. The van der Waals surface area contributed by atoms with Gasteiger partial charge < -0.3 is 14.4 Å². The van der Waals surface area contributed by atoms with E-state index in [0.29, 0.717) is 24.4 Å². The summed E-state index contributed by atoms with van der Waals surface area (Å²) in [6.45, 7) is 3.70. The highest BCUT2D eigenvalue weighted by molar-refractivity contribution is 7.94. The Bertz CT molecular complexity index is 1060. The van der Waals surface area contributed by atoms with Gasteiger partial charge in [0.05, 0.1) is 12.6 Å². The Kier molecular flexibility index (Phi) is 10.2.